The summed E-state index contributed by atoms with van der Waals surface area (Å²) in [6, 6.07) is 3.21. The zero-order chi connectivity index (χ0) is 16.4. The third kappa shape index (κ3) is 3.95. The monoisotopic (exact) mass is 364 g/mol. The Balaban J connectivity index is 3.28. The normalized spacial score (nSPS) is 14.2. The molecule has 1 aromatic rings. The van der Waals surface area contributed by atoms with Crippen molar-refractivity contribution in [3.63, 3.8) is 0 Å². The first kappa shape index (κ1) is 17.5. The number of nitrogens with one attached hydrogen (secondary N) is 1. The number of nitrogens with zero attached hydrogens (tertiary/aromatic N) is 1. The fourth-order valence-corrected chi connectivity index (χ4v) is 1.74. The molecule has 0 heterocycles. The number of halogens is 4. The molecule has 0 bridgehead atoms. The number of nitriles is 1. The van der Waals surface area contributed by atoms with Gasteiger partial charge in [0.25, 0.3) is 5.91 Å². The molecule has 0 saturated carbocycles. The molecule has 1 rings (SSSR count). The molecule has 0 aliphatic heterocycles. The second-order valence-corrected chi connectivity index (χ2v) is 5.24. The van der Waals surface area contributed by atoms with Crippen LogP contribution < -0.4 is 5.32 Å². The highest BCUT2D eigenvalue weighted by molar-refractivity contribution is 9.09. The summed E-state index contributed by atoms with van der Waals surface area (Å²) in [7, 11) is 0. The molecule has 2 N–H and O–H groups in total. The molecule has 1 atom stereocenters. The van der Waals surface area contributed by atoms with Gasteiger partial charge in [-0.25, -0.2) is 0 Å². The van der Waals surface area contributed by atoms with E-state index in [4.69, 9.17) is 5.26 Å². The molecule has 0 radical (unpaired) electrons. The van der Waals surface area contributed by atoms with Crippen molar-refractivity contribution in [1.29, 1.82) is 5.26 Å². The molecule has 8 heteroatoms. The molecule has 0 unspecified atom stereocenters. The van der Waals surface area contributed by atoms with Crippen molar-refractivity contribution < 1.29 is 23.1 Å². The standard InChI is InChI=1S/C13H12BrF3N2O2/c1-7-3-8(5-18)9(13(15,16)17)4-10(7)19-11(20)12(2,21)6-14/h3-4,21H,6H2,1-2H3,(H,19,20)/t12-/m0/s1. The SMILES string of the molecule is Cc1cc(C#N)c(C(F)(F)F)cc1NC(=O)[C@@](C)(O)CBr. The predicted octanol–water partition coefficient (Wildman–Crippen LogP) is 2.97. The van der Waals surface area contributed by atoms with Crippen molar-refractivity contribution in [1.82, 2.24) is 0 Å². The Labute approximate surface area is 127 Å². The van der Waals surface area contributed by atoms with E-state index in [0.29, 0.717) is 11.6 Å². The van der Waals surface area contributed by atoms with Crippen molar-refractivity contribution in [2.24, 2.45) is 0 Å². The Bertz CT molecular complexity index is 607. The lowest BCUT2D eigenvalue weighted by atomic mass is 10.0. The largest absolute Gasteiger partial charge is 0.417 e. The summed E-state index contributed by atoms with van der Waals surface area (Å²) in [5, 5.41) is 20.7. The number of anilines is 1. The van der Waals surface area contributed by atoms with E-state index < -0.39 is 28.8 Å². The quantitative estimate of drug-likeness (QED) is 0.809. The lowest BCUT2D eigenvalue weighted by Crippen LogP contribution is -2.41. The number of benzene rings is 1. The van der Waals surface area contributed by atoms with Crippen LogP contribution in [0.15, 0.2) is 12.1 Å². The summed E-state index contributed by atoms with van der Waals surface area (Å²) in [4.78, 5) is 11.8. The van der Waals surface area contributed by atoms with Crippen LogP contribution in [0.4, 0.5) is 18.9 Å². The third-order valence-electron chi connectivity index (χ3n) is 2.79. The number of amides is 1. The molecule has 0 saturated heterocycles. The fourth-order valence-electron chi connectivity index (χ4n) is 1.49. The first-order chi connectivity index (χ1) is 9.52. The zero-order valence-electron chi connectivity index (χ0n) is 11.2. The highest BCUT2D eigenvalue weighted by Gasteiger charge is 2.35. The summed E-state index contributed by atoms with van der Waals surface area (Å²) < 4.78 is 38.6. The molecular formula is C13H12BrF3N2O2. The van der Waals surface area contributed by atoms with Crippen LogP contribution in [-0.4, -0.2) is 21.9 Å². The van der Waals surface area contributed by atoms with Gasteiger partial charge in [0.2, 0.25) is 0 Å². The molecule has 0 aliphatic rings. The number of aliphatic hydroxyl groups is 1. The molecule has 4 nitrogen and oxygen atoms in total. The van der Waals surface area contributed by atoms with E-state index in [2.05, 4.69) is 21.2 Å². The maximum absolute atomic E-state index is 12.9. The lowest BCUT2D eigenvalue weighted by Gasteiger charge is -2.21. The van der Waals surface area contributed by atoms with Crippen molar-refractivity contribution >= 4 is 27.5 Å². The maximum Gasteiger partial charge on any atom is 0.417 e. The number of aryl methyl sites for hydroxylation is 1. The van der Waals surface area contributed by atoms with E-state index >= 15 is 0 Å². The number of alkyl halides is 4. The van der Waals surface area contributed by atoms with Gasteiger partial charge in [0.15, 0.2) is 0 Å². The van der Waals surface area contributed by atoms with Gasteiger partial charge < -0.3 is 10.4 Å². The van der Waals surface area contributed by atoms with E-state index in [-0.39, 0.29) is 11.0 Å². The average molecular weight is 365 g/mol. The zero-order valence-corrected chi connectivity index (χ0v) is 12.8. The van der Waals surface area contributed by atoms with Crippen molar-refractivity contribution in [3.05, 3.63) is 28.8 Å². The Kier molecular flexibility index (Phi) is 5.02. The molecule has 1 amide bonds. The van der Waals surface area contributed by atoms with Crippen LogP contribution in [0.5, 0.6) is 0 Å². The van der Waals surface area contributed by atoms with E-state index in [9.17, 15) is 23.1 Å². The minimum Gasteiger partial charge on any atom is -0.379 e. The van der Waals surface area contributed by atoms with E-state index in [0.717, 1.165) is 6.07 Å². The Morgan fingerprint density at radius 1 is 1.48 bits per heavy atom. The number of hydrogen-bond acceptors (Lipinski definition) is 3. The minimum absolute atomic E-state index is 0.0761. The molecule has 0 spiro atoms. The van der Waals surface area contributed by atoms with Crippen LogP contribution in [0.2, 0.25) is 0 Å². The summed E-state index contributed by atoms with van der Waals surface area (Å²) >= 11 is 2.94. The van der Waals surface area contributed by atoms with E-state index in [1.807, 2.05) is 0 Å². The fraction of sp³-hybridized carbons (Fsp3) is 0.385. The number of hydrogen-bond donors (Lipinski definition) is 2. The first-order valence-corrected chi connectivity index (χ1v) is 6.87. The van der Waals surface area contributed by atoms with Crippen LogP contribution in [0.3, 0.4) is 0 Å². The van der Waals surface area contributed by atoms with Crippen molar-refractivity contribution in [3.8, 4) is 6.07 Å². The highest BCUT2D eigenvalue weighted by atomic mass is 79.9. The molecule has 1 aromatic carbocycles. The molecule has 0 aromatic heterocycles. The van der Waals surface area contributed by atoms with Gasteiger partial charge in [0.05, 0.1) is 17.2 Å². The Hall–Kier alpha value is -1.59. The van der Waals surface area contributed by atoms with E-state index in [1.54, 1.807) is 0 Å². The summed E-state index contributed by atoms with van der Waals surface area (Å²) in [6.07, 6.45) is -4.71. The van der Waals surface area contributed by atoms with Crippen LogP contribution >= 0.6 is 15.9 Å². The summed E-state index contributed by atoms with van der Waals surface area (Å²) in [5.41, 5.74) is -3.24. The predicted molar refractivity (Wildman–Crippen MR) is 73.9 cm³/mol. The molecular weight excluding hydrogens is 353 g/mol. The van der Waals surface area contributed by atoms with Crippen LogP contribution in [0, 0.1) is 18.3 Å². The Morgan fingerprint density at radius 2 is 2.05 bits per heavy atom. The first-order valence-electron chi connectivity index (χ1n) is 5.74. The topological polar surface area (TPSA) is 73.1 Å². The van der Waals surface area contributed by atoms with Gasteiger partial charge >= 0.3 is 6.18 Å². The number of carbonyl (C=O) groups excluding carboxylic acids is 1. The second kappa shape index (κ2) is 6.03. The van der Waals surface area contributed by atoms with E-state index in [1.165, 1.54) is 19.9 Å². The lowest BCUT2D eigenvalue weighted by molar-refractivity contribution is -0.137. The maximum atomic E-state index is 12.9. The van der Waals surface area contributed by atoms with Crippen LogP contribution in [-0.2, 0) is 11.0 Å². The highest BCUT2D eigenvalue weighted by Crippen LogP contribution is 2.35. The van der Waals surface area contributed by atoms with Crippen molar-refractivity contribution in [2.75, 3.05) is 10.6 Å². The number of carbonyl (C=O) groups is 1. The summed E-state index contributed by atoms with van der Waals surface area (Å²) in [5.74, 6) is -0.847. The van der Waals surface area contributed by atoms with Gasteiger partial charge in [-0.1, -0.05) is 15.9 Å². The Morgan fingerprint density at radius 3 is 2.48 bits per heavy atom. The summed E-state index contributed by atoms with van der Waals surface area (Å²) in [6.45, 7) is 2.68. The minimum atomic E-state index is -4.71. The van der Waals surface area contributed by atoms with Gasteiger partial charge in [-0.05, 0) is 31.5 Å². The molecule has 0 aliphatic carbocycles. The molecule has 114 valence electrons. The van der Waals surface area contributed by atoms with Gasteiger partial charge in [-0.15, -0.1) is 0 Å². The van der Waals surface area contributed by atoms with Gasteiger partial charge in [-0.2, -0.15) is 18.4 Å². The van der Waals surface area contributed by atoms with Crippen LogP contribution in [0.1, 0.15) is 23.6 Å². The molecule has 0 fully saturated rings. The van der Waals surface area contributed by atoms with Crippen molar-refractivity contribution in [2.45, 2.75) is 25.6 Å². The van der Waals surface area contributed by atoms with Gasteiger partial charge in [-0.3, -0.25) is 4.79 Å². The van der Waals surface area contributed by atoms with Crippen LogP contribution in [0.25, 0.3) is 0 Å². The molecule has 21 heavy (non-hydrogen) atoms. The average Bonchev–Trinajstić information content (AvgIpc) is 2.39. The second-order valence-electron chi connectivity index (χ2n) is 4.68. The van der Waals surface area contributed by atoms with Gasteiger partial charge in [0.1, 0.15) is 5.60 Å². The van der Waals surface area contributed by atoms with Gasteiger partial charge in [0, 0.05) is 11.0 Å². The third-order valence-corrected chi connectivity index (χ3v) is 3.88. The smallest absolute Gasteiger partial charge is 0.379 e. The number of rotatable bonds is 3.